The summed E-state index contributed by atoms with van der Waals surface area (Å²) < 4.78 is 0. The fourth-order valence-electron chi connectivity index (χ4n) is 2.06. The zero-order chi connectivity index (χ0) is 13.9. The highest BCUT2D eigenvalue weighted by atomic mass is 16.2. The van der Waals surface area contributed by atoms with Gasteiger partial charge in [-0.05, 0) is 17.3 Å². The summed E-state index contributed by atoms with van der Waals surface area (Å²) in [7, 11) is 0. The summed E-state index contributed by atoms with van der Waals surface area (Å²) >= 11 is 0. The predicted molar refractivity (Wildman–Crippen MR) is 69.4 cm³/mol. The molecule has 1 atom stereocenters. The minimum atomic E-state index is -0.323. The van der Waals surface area contributed by atoms with Crippen molar-refractivity contribution in [2.75, 3.05) is 11.9 Å². The van der Waals surface area contributed by atoms with E-state index in [1.807, 2.05) is 6.07 Å². The van der Waals surface area contributed by atoms with Crippen molar-refractivity contribution in [3.63, 3.8) is 0 Å². The van der Waals surface area contributed by atoms with Crippen LogP contribution in [0.4, 0.5) is 5.69 Å². The largest absolute Gasteiger partial charge is 0.355 e. The molecule has 1 aliphatic heterocycles. The molecule has 0 spiro atoms. The van der Waals surface area contributed by atoms with Crippen molar-refractivity contribution in [2.24, 2.45) is 5.92 Å². The van der Waals surface area contributed by atoms with E-state index in [0.717, 1.165) is 5.56 Å². The monoisotopic (exact) mass is 272 g/mol. The second-order valence-corrected chi connectivity index (χ2v) is 4.51. The Kier molecular flexibility index (Phi) is 3.12. The van der Waals surface area contributed by atoms with Crippen LogP contribution in [-0.4, -0.2) is 39.0 Å². The molecular weight excluding hydrogens is 260 g/mol. The van der Waals surface area contributed by atoms with E-state index < -0.39 is 0 Å². The summed E-state index contributed by atoms with van der Waals surface area (Å²) in [4.78, 5) is 23.1. The van der Waals surface area contributed by atoms with Crippen LogP contribution in [0.2, 0.25) is 0 Å². The van der Waals surface area contributed by atoms with Crippen molar-refractivity contribution in [3.8, 4) is 11.4 Å². The summed E-state index contributed by atoms with van der Waals surface area (Å²) in [5.74, 6) is -0.130. The lowest BCUT2D eigenvalue weighted by atomic mass is 10.1. The summed E-state index contributed by atoms with van der Waals surface area (Å²) in [6, 6.07) is 7.14. The second kappa shape index (κ2) is 5.08. The maximum Gasteiger partial charge on any atom is 0.229 e. The smallest absolute Gasteiger partial charge is 0.229 e. The van der Waals surface area contributed by atoms with Crippen LogP contribution in [-0.2, 0) is 9.59 Å². The summed E-state index contributed by atoms with van der Waals surface area (Å²) in [6.45, 7) is 0.384. The van der Waals surface area contributed by atoms with Gasteiger partial charge in [-0.15, -0.1) is 10.2 Å². The predicted octanol–water partition coefficient (Wildman–Crippen LogP) is -0.0587. The lowest BCUT2D eigenvalue weighted by molar-refractivity contribution is -0.123. The van der Waals surface area contributed by atoms with E-state index in [2.05, 4.69) is 31.3 Å². The Morgan fingerprint density at radius 1 is 1.40 bits per heavy atom. The first-order valence-corrected chi connectivity index (χ1v) is 6.14. The third-order valence-electron chi connectivity index (χ3n) is 3.08. The maximum absolute atomic E-state index is 12.0. The van der Waals surface area contributed by atoms with Gasteiger partial charge in [-0.1, -0.05) is 12.1 Å². The van der Waals surface area contributed by atoms with Gasteiger partial charge in [-0.3, -0.25) is 9.59 Å². The van der Waals surface area contributed by atoms with Crippen LogP contribution >= 0.6 is 0 Å². The molecule has 2 amide bonds. The van der Waals surface area contributed by atoms with Crippen molar-refractivity contribution in [1.29, 1.82) is 0 Å². The highest BCUT2D eigenvalue weighted by Gasteiger charge is 2.27. The van der Waals surface area contributed by atoms with Gasteiger partial charge in [0, 0.05) is 24.2 Å². The molecule has 3 N–H and O–H groups in total. The zero-order valence-corrected chi connectivity index (χ0v) is 10.5. The molecule has 20 heavy (non-hydrogen) atoms. The van der Waals surface area contributed by atoms with E-state index in [9.17, 15) is 9.59 Å². The molecule has 0 aliphatic carbocycles. The first kappa shape index (κ1) is 12.3. The van der Waals surface area contributed by atoms with Crippen LogP contribution in [0.25, 0.3) is 11.4 Å². The molecule has 0 saturated carbocycles. The third-order valence-corrected chi connectivity index (χ3v) is 3.08. The molecule has 2 heterocycles. The number of carbonyl (C=O) groups is 2. The molecule has 1 unspecified atom stereocenters. The Hall–Kier alpha value is -2.77. The number of hydrogen-bond acceptors (Lipinski definition) is 5. The third kappa shape index (κ3) is 2.48. The number of anilines is 1. The fourth-order valence-corrected chi connectivity index (χ4v) is 2.06. The standard InChI is InChI=1S/C12H12N6O2/c19-10-5-8(6-13-10)12(20)14-9-3-1-2-7(4-9)11-15-17-18-16-11/h1-4,8H,5-6H2,(H,13,19)(H,14,20)(H,15,16,17,18). The van der Waals surface area contributed by atoms with Crippen molar-refractivity contribution in [2.45, 2.75) is 6.42 Å². The van der Waals surface area contributed by atoms with Crippen LogP contribution in [0.1, 0.15) is 6.42 Å². The molecule has 0 bridgehead atoms. The molecule has 1 aromatic heterocycles. The Bertz CT molecular complexity index is 639. The van der Waals surface area contributed by atoms with Crippen LogP contribution < -0.4 is 10.6 Å². The van der Waals surface area contributed by atoms with E-state index >= 15 is 0 Å². The molecule has 8 nitrogen and oxygen atoms in total. The average molecular weight is 272 g/mol. The minimum Gasteiger partial charge on any atom is -0.355 e. The van der Waals surface area contributed by atoms with Gasteiger partial charge in [0.25, 0.3) is 0 Å². The normalized spacial score (nSPS) is 17.8. The maximum atomic E-state index is 12.0. The number of hydrogen-bond donors (Lipinski definition) is 3. The molecular formula is C12H12N6O2. The molecule has 1 saturated heterocycles. The van der Waals surface area contributed by atoms with E-state index in [1.165, 1.54) is 0 Å². The summed E-state index contributed by atoms with van der Waals surface area (Å²) in [5, 5.41) is 19.1. The first-order valence-electron chi connectivity index (χ1n) is 6.14. The van der Waals surface area contributed by atoms with Gasteiger partial charge in [-0.2, -0.15) is 5.21 Å². The number of aromatic amines is 1. The number of H-pyrrole nitrogens is 1. The lowest BCUT2D eigenvalue weighted by Gasteiger charge is -2.09. The second-order valence-electron chi connectivity index (χ2n) is 4.51. The first-order chi connectivity index (χ1) is 9.72. The average Bonchev–Trinajstić information content (AvgIpc) is 3.10. The highest BCUT2D eigenvalue weighted by molar-refractivity contribution is 5.97. The number of tetrazole rings is 1. The van der Waals surface area contributed by atoms with Crippen LogP contribution in [0.5, 0.6) is 0 Å². The lowest BCUT2D eigenvalue weighted by Crippen LogP contribution is -2.24. The molecule has 8 heteroatoms. The topological polar surface area (TPSA) is 113 Å². The number of amides is 2. The van der Waals surface area contributed by atoms with Gasteiger partial charge in [0.05, 0.1) is 5.92 Å². The number of carbonyl (C=O) groups excluding carboxylic acids is 2. The van der Waals surface area contributed by atoms with Gasteiger partial charge < -0.3 is 10.6 Å². The van der Waals surface area contributed by atoms with E-state index in [1.54, 1.807) is 18.2 Å². The Morgan fingerprint density at radius 3 is 3.00 bits per heavy atom. The van der Waals surface area contributed by atoms with Gasteiger partial charge >= 0.3 is 0 Å². The van der Waals surface area contributed by atoms with Crippen LogP contribution in [0.3, 0.4) is 0 Å². The highest BCUT2D eigenvalue weighted by Crippen LogP contribution is 2.19. The molecule has 0 radical (unpaired) electrons. The molecule has 1 aliphatic rings. The van der Waals surface area contributed by atoms with Crippen molar-refractivity contribution < 1.29 is 9.59 Å². The Labute approximate surface area is 114 Å². The van der Waals surface area contributed by atoms with Crippen LogP contribution in [0.15, 0.2) is 24.3 Å². The molecule has 102 valence electrons. The summed E-state index contributed by atoms with van der Waals surface area (Å²) in [6.07, 6.45) is 0.233. The zero-order valence-electron chi connectivity index (χ0n) is 10.5. The van der Waals surface area contributed by atoms with Gasteiger partial charge in [-0.25, -0.2) is 0 Å². The van der Waals surface area contributed by atoms with Crippen LogP contribution in [0, 0.1) is 5.92 Å². The van der Waals surface area contributed by atoms with E-state index in [-0.39, 0.29) is 24.2 Å². The van der Waals surface area contributed by atoms with E-state index in [0.29, 0.717) is 18.1 Å². The van der Waals surface area contributed by atoms with Crippen molar-refractivity contribution in [1.82, 2.24) is 25.9 Å². The number of benzene rings is 1. The Balaban J connectivity index is 1.73. The fraction of sp³-hybridized carbons (Fsp3) is 0.250. The quantitative estimate of drug-likeness (QED) is 0.724. The van der Waals surface area contributed by atoms with Crippen molar-refractivity contribution >= 4 is 17.5 Å². The molecule has 3 rings (SSSR count). The number of nitrogens with one attached hydrogen (secondary N) is 3. The van der Waals surface area contributed by atoms with Gasteiger partial charge in [0.15, 0.2) is 0 Å². The molecule has 2 aromatic rings. The SMILES string of the molecule is O=C1CC(C(=O)Nc2cccc(-c3nn[nH]n3)c2)CN1. The molecule has 1 aromatic carbocycles. The van der Waals surface area contributed by atoms with Crippen molar-refractivity contribution in [3.05, 3.63) is 24.3 Å². The Morgan fingerprint density at radius 2 is 2.30 bits per heavy atom. The minimum absolute atomic E-state index is 0.0919. The number of aromatic nitrogens is 4. The van der Waals surface area contributed by atoms with Gasteiger partial charge in [0.1, 0.15) is 0 Å². The van der Waals surface area contributed by atoms with Gasteiger partial charge in [0.2, 0.25) is 17.6 Å². The number of rotatable bonds is 3. The van der Waals surface area contributed by atoms with E-state index in [4.69, 9.17) is 0 Å². The molecule has 1 fully saturated rings. The number of nitrogens with zero attached hydrogens (tertiary/aromatic N) is 3. The summed E-state index contributed by atoms with van der Waals surface area (Å²) in [5.41, 5.74) is 1.38.